The standard InChI is InChI=1S/C17H22N2O2/c20-17(21)13-6-8-15(9-7-13)18-19-16-10-5-12-3-1-2-4-14(12)11-16/h6-9,12,14,18H,1-5,10-11H2,(H,20,21)/b19-16+/t12-,14+/m0/s1. The average Bonchev–Trinajstić information content (AvgIpc) is 2.53. The lowest BCUT2D eigenvalue weighted by Crippen LogP contribution is -2.28. The van der Waals surface area contributed by atoms with Gasteiger partial charge in [0.25, 0.3) is 0 Å². The second-order valence-corrected chi connectivity index (χ2v) is 6.22. The van der Waals surface area contributed by atoms with Gasteiger partial charge in [-0.15, -0.1) is 0 Å². The molecule has 3 rings (SSSR count). The van der Waals surface area contributed by atoms with Crippen LogP contribution in [0.15, 0.2) is 29.4 Å². The lowest BCUT2D eigenvalue weighted by atomic mass is 9.70. The fourth-order valence-corrected chi connectivity index (χ4v) is 3.62. The number of hydrazone groups is 1. The third-order valence-electron chi connectivity index (χ3n) is 4.84. The number of hydrogen-bond acceptors (Lipinski definition) is 3. The maximum atomic E-state index is 10.8. The van der Waals surface area contributed by atoms with Crippen LogP contribution in [-0.4, -0.2) is 16.8 Å². The molecule has 2 fully saturated rings. The van der Waals surface area contributed by atoms with Crippen LogP contribution in [0.4, 0.5) is 5.69 Å². The van der Waals surface area contributed by atoms with Gasteiger partial charge >= 0.3 is 5.97 Å². The van der Waals surface area contributed by atoms with E-state index in [1.807, 2.05) is 0 Å². The molecule has 2 aliphatic carbocycles. The zero-order valence-corrected chi connectivity index (χ0v) is 12.2. The fourth-order valence-electron chi connectivity index (χ4n) is 3.62. The molecule has 2 saturated carbocycles. The Hall–Kier alpha value is -1.84. The molecule has 1 aromatic rings. The maximum absolute atomic E-state index is 10.8. The Labute approximate surface area is 125 Å². The summed E-state index contributed by atoms with van der Waals surface area (Å²) in [6.07, 6.45) is 9.05. The minimum absolute atomic E-state index is 0.302. The molecule has 0 spiro atoms. The molecule has 21 heavy (non-hydrogen) atoms. The van der Waals surface area contributed by atoms with Crippen molar-refractivity contribution >= 4 is 17.4 Å². The summed E-state index contributed by atoms with van der Waals surface area (Å²) in [5.74, 6) is 0.860. The summed E-state index contributed by atoms with van der Waals surface area (Å²) in [7, 11) is 0. The normalized spacial score (nSPS) is 27.1. The number of nitrogens with one attached hydrogen (secondary N) is 1. The summed E-state index contributed by atoms with van der Waals surface area (Å²) < 4.78 is 0. The quantitative estimate of drug-likeness (QED) is 0.821. The summed E-state index contributed by atoms with van der Waals surface area (Å²) >= 11 is 0. The number of rotatable bonds is 3. The fraction of sp³-hybridized carbons (Fsp3) is 0.529. The first-order chi connectivity index (χ1) is 10.2. The van der Waals surface area contributed by atoms with E-state index < -0.39 is 5.97 Å². The van der Waals surface area contributed by atoms with E-state index >= 15 is 0 Å². The summed E-state index contributed by atoms with van der Waals surface area (Å²) in [4.78, 5) is 10.8. The van der Waals surface area contributed by atoms with E-state index in [4.69, 9.17) is 5.11 Å². The Kier molecular flexibility index (Phi) is 4.23. The van der Waals surface area contributed by atoms with Crippen LogP contribution in [0.3, 0.4) is 0 Å². The second-order valence-electron chi connectivity index (χ2n) is 6.22. The largest absolute Gasteiger partial charge is 0.478 e. The number of anilines is 1. The number of fused-ring (bicyclic) bond motifs is 1. The maximum Gasteiger partial charge on any atom is 0.335 e. The van der Waals surface area contributed by atoms with Crippen molar-refractivity contribution in [2.45, 2.75) is 44.9 Å². The molecule has 1 aromatic carbocycles. The number of nitrogens with zero attached hydrogens (tertiary/aromatic N) is 1. The van der Waals surface area contributed by atoms with E-state index in [9.17, 15) is 4.79 Å². The van der Waals surface area contributed by atoms with Gasteiger partial charge in [-0.2, -0.15) is 5.10 Å². The van der Waals surface area contributed by atoms with Crippen LogP contribution in [0.25, 0.3) is 0 Å². The Balaban J connectivity index is 1.59. The van der Waals surface area contributed by atoms with E-state index in [2.05, 4.69) is 10.5 Å². The Morgan fingerprint density at radius 2 is 1.81 bits per heavy atom. The average molecular weight is 286 g/mol. The molecule has 0 saturated heterocycles. The molecule has 4 nitrogen and oxygen atoms in total. The van der Waals surface area contributed by atoms with Crippen LogP contribution >= 0.6 is 0 Å². The molecule has 112 valence electrons. The van der Waals surface area contributed by atoms with Crippen LogP contribution in [0.5, 0.6) is 0 Å². The number of hydrogen-bond donors (Lipinski definition) is 2. The van der Waals surface area contributed by atoms with E-state index in [-0.39, 0.29) is 0 Å². The second kappa shape index (κ2) is 6.29. The van der Waals surface area contributed by atoms with Gasteiger partial charge in [0.15, 0.2) is 0 Å². The first-order valence-electron chi connectivity index (χ1n) is 7.87. The van der Waals surface area contributed by atoms with Crippen molar-refractivity contribution in [1.82, 2.24) is 0 Å². The highest BCUT2D eigenvalue weighted by atomic mass is 16.4. The van der Waals surface area contributed by atoms with Crippen molar-refractivity contribution in [2.24, 2.45) is 16.9 Å². The minimum Gasteiger partial charge on any atom is -0.478 e. The lowest BCUT2D eigenvalue weighted by molar-refractivity contribution is 0.0697. The lowest BCUT2D eigenvalue weighted by Gasteiger charge is -2.35. The molecule has 2 N–H and O–H groups in total. The van der Waals surface area contributed by atoms with Crippen LogP contribution in [-0.2, 0) is 0 Å². The SMILES string of the molecule is O=C(O)c1ccc(N/N=C2\CC[C@@H]3CCCC[C@@H]3C2)cc1. The molecular weight excluding hydrogens is 264 g/mol. The third kappa shape index (κ3) is 3.43. The van der Waals surface area contributed by atoms with Gasteiger partial charge in [-0.05, 0) is 61.8 Å². The van der Waals surface area contributed by atoms with Gasteiger partial charge < -0.3 is 5.11 Å². The zero-order chi connectivity index (χ0) is 14.7. The molecule has 4 heteroatoms. The molecular formula is C17H22N2O2. The van der Waals surface area contributed by atoms with E-state index in [1.54, 1.807) is 24.3 Å². The number of carboxylic acids is 1. The van der Waals surface area contributed by atoms with Gasteiger partial charge in [-0.1, -0.05) is 19.3 Å². The zero-order valence-electron chi connectivity index (χ0n) is 12.2. The van der Waals surface area contributed by atoms with Gasteiger partial charge in [-0.25, -0.2) is 4.79 Å². The van der Waals surface area contributed by atoms with Gasteiger partial charge in [-0.3, -0.25) is 5.43 Å². The molecule has 0 amide bonds. The molecule has 0 radical (unpaired) electrons. The van der Waals surface area contributed by atoms with Gasteiger partial charge in [0, 0.05) is 5.71 Å². The Morgan fingerprint density at radius 1 is 1.10 bits per heavy atom. The van der Waals surface area contributed by atoms with Crippen LogP contribution in [0.1, 0.15) is 55.3 Å². The van der Waals surface area contributed by atoms with Crippen molar-refractivity contribution in [1.29, 1.82) is 0 Å². The van der Waals surface area contributed by atoms with E-state index in [1.165, 1.54) is 37.8 Å². The van der Waals surface area contributed by atoms with Crippen molar-refractivity contribution < 1.29 is 9.90 Å². The molecule has 0 heterocycles. The van der Waals surface area contributed by atoms with E-state index in [0.717, 1.165) is 30.4 Å². The Bertz CT molecular complexity index is 536. The number of carboxylic acid groups (broad SMARTS) is 1. The highest BCUT2D eigenvalue weighted by Crippen LogP contribution is 2.39. The summed E-state index contributed by atoms with van der Waals surface area (Å²) in [5, 5.41) is 13.4. The Morgan fingerprint density at radius 3 is 2.52 bits per heavy atom. The van der Waals surface area contributed by atoms with Crippen LogP contribution in [0, 0.1) is 11.8 Å². The molecule has 0 unspecified atom stereocenters. The molecule has 2 aliphatic rings. The highest BCUT2D eigenvalue weighted by Gasteiger charge is 2.30. The predicted octanol–water partition coefficient (Wildman–Crippen LogP) is 4.14. The monoisotopic (exact) mass is 286 g/mol. The van der Waals surface area contributed by atoms with Crippen LogP contribution in [0.2, 0.25) is 0 Å². The van der Waals surface area contributed by atoms with Crippen molar-refractivity contribution in [3.05, 3.63) is 29.8 Å². The molecule has 0 aliphatic heterocycles. The van der Waals surface area contributed by atoms with Crippen molar-refractivity contribution in [3.8, 4) is 0 Å². The summed E-state index contributed by atoms with van der Waals surface area (Å²) in [6, 6.07) is 6.73. The highest BCUT2D eigenvalue weighted by molar-refractivity contribution is 5.88. The summed E-state index contributed by atoms with van der Waals surface area (Å²) in [5.41, 5.74) is 5.48. The number of benzene rings is 1. The first kappa shape index (κ1) is 14.1. The molecule has 0 bridgehead atoms. The van der Waals surface area contributed by atoms with Crippen molar-refractivity contribution in [3.63, 3.8) is 0 Å². The molecule has 0 aromatic heterocycles. The smallest absolute Gasteiger partial charge is 0.335 e. The minimum atomic E-state index is -0.900. The number of carbonyl (C=O) groups is 1. The summed E-state index contributed by atoms with van der Waals surface area (Å²) in [6.45, 7) is 0. The topological polar surface area (TPSA) is 61.7 Å². The van der Waals surface area contributed by atoms with Gasteiger partial charge in [0.05, 0.1) is 11.3 Å². The van der Waals surface area contributed by atoms with Crippen molar-refractivity contribution in [2.75, 3.05) is 5.43 Å². The third-order valence-corrected chi connectivity index (χ3v) is 4.84. The van der Waals surface area contributed by atoms with Gasteiger partial charge in [0.2, 0.25) is 0 Å². The van der Waals surface area contributed by atoms with Gasteiger partial charge in [0.1, 0.15) is 0 Å². The number of aromatic carboxylic acids is 1. The van der Waals surface area contributed by atoms with Crippen LogP contribution < -0.4 is 5.43 Å². The van der Waals surface area contributed by atoms with E-state index in [0.29, 0.717) is 5.56 Å². The predicted molar refractivity (Wildman–Crippen MR) is 83.8 cm³/mol. The molecule has 2 atom stereocenters. The first-order valence-corrected chi connectivity index (χ1v) is 7.87.